The first kappa shape index (κ1) is 17.0. The molecule has 1 aromatic rings. The van der Waals surface area contributed by atoms with Gasteiger partial charge in [0.05, 0.1) is 5.92 Å². The quantitative estimate of drug-likeness (QED) is 0.849. The Kier molecular flexibility index (Phi) is 4.15. The summed E-state index contributed by atoms with van der Waals surface area (Å²) in [4.78, 5) is 12.6. The number of nitrogens with zero attached hydrogens (tertiary/aromatic N) is 2. The van der Waals surface area contributed by atoms with Crippen molar-refractivity contribution in [1.29, 1.82) is 0 Å². The third kappa shape index (κ3) is 2.60. The van der Waals surface area contributed by atoms with Crippen LogP contribution in [0.4, 0.5) is 13.2 Å². The summed E-state index contributed by atoms with van der Waals surface area (Å²) in [5, 5.41) is 14.8. The first-order chi connectivity index (χ1) is 11.2. The molecule has 0 spiro atoms. The molecule has 0 unspecified atom stereocenters. The number of hydrogen-bond acceptors (Lipinski definition) is 3. The van der Waals surface area contributed by atoms with E-state index in [1.165, 1.54) is 12.1 Å². The van der Waals surface area contributed by atoms with Crippen LogP contribution in [-0.4, -0.2) is 33.6 Å². The number of aliphatic hydroxyl groups is 1. The number of carbonyl (C=O) groups excluding carboxylic acids is 1. The molecule has 0 bridgehead atoms. The minimum Gasteiger partial charge on any atom is -0.362 e. The van der Waals surface area contributed by atoms with Gasteiger partial charge in [0.2, 0.25) is 0 Å². The van der Waals surface area contributed by atoms with Crippen molar-refractivity contribution in [1.82, 2.24) is 5.01 Å². The summed E-state index contributed by atoms with van der Waals surface area (Å²) in [5.41, 5.74) is -2.17. The third-order valence-corrected chi connectivity index (χ3v) is 4.74. The number of halogens is 3. The van der Waals surface area contributed by atoms with Gasteiger partial charge in [-0.05, 0) is 38.3 Å². The van der Waals surface area contributed by atoms with Gasteiger partial charge in [0.25, 0.3) is 11.6 Å². The highest BCUT2D eigenvalue weighted by Crippen LogP contribution is 2.48. The predicted molar refractivity (Wildman–Crippen MR) is 82.4 cm³/mol. The summed E-state index contributed by atoms with van der Waals surface area (Å²) in [6, 6.07) is 6.26. The molecule has 3 rings (SSSR count). The van der Waals surface area contributed by atoms with E-state index >= 15 is 0 Å². The molecule has 0 saturated heterocycles. The molecule has 1 amide bonds. The Bertz CT molecular complexity index is 687. The Morgan fingerprint density at radius 2 is 2.08 bits per heavy atom. The number of alkyl halides is 3. The van der Waals surface area contributed by atoms with E-state index in [-0.39, 0.29) is 22.7 Å². The number of fused-ring (bicyclic) bond motifs is 1. The zero-order valence-corrected chi connectivity index (χ0v) is 13.3. The molecule has 1 saturated carbocycles. The summed E-state index contributed by atoms with van der Waals surface area (Å²) >= 11 is 0. The largest absolute Gasteiger partial charge is 0.439 e. The van der Waals surface area contributed by atoms with Crippen LogP contribution in [0.3, 0.4) is 0 Å². The number of amides is 1. The molecular weight excluding hydrogens is 321 g/mol. The van der Waals surface area contributed by atoms with Gasteiger partial charge < -0.3 is 5.11 Å². The van der Waals surface area contributed by atoms with Crippen LogP contribution in [0.15, 0.2) is 29.4 Å². The van der Waals surface area contributed by atoms with Crippen LogP contribution >= 0.6 is 0 Å². The van der Waals surface area contributed by atoms with Gasteiger partial charge in [0.15, 0.2) is 0 Å². The molecule has 0 radical (unpaired) electrons. The molecule has 1 aliphatic heterocycles. The van der Waals surface area contributed by atoms with Crippen molar-refractivity contribution in [2.75, 3.05) is 0 Å². The average Bonchev–Trinajstić information content (AvgIpc) is 2.68. The molecule has 1 fully saturated rings. The molecule has 1 heterocycles. The van der Waals surface area contributed by atoms with E-state index in [2.05, 4.69) is 5.10 Å². The molecule has 1 aromatic carbocycles. The summed E-state index contributed by atoms with van der Waals surface area (Å²) in [6.07, 6.45) is -2.33. The second kappa shape index (κ2) is 5.88. The number of benzene rings is 1. The SMILES string of the molecule is Cc1cccc(C(=O)N2N=C3CCCCC[C@@H]3[C@@]2(O)C(F)(F)F)c1. The molecule has 4 nitrogen and oxygen atoms in total. The number of rotatable bonds is 1. The van der Waals surface area contributed by atoms with Gasteiger partial charge in [0.1, 0.15) is 0 Å². The van der Waals surface area contributed by atoms with Crippen LogP contribution in [-0.2, 0) is 0 Å². The highest BCUT2D eigenvalue weighted by molar-refractivity contribution is 5.99. The number of aryl methyl sites for hydroxylation is 1. The zero-order valence-electron chi connectivity index (χ0n) is 13.3. The lowest BCUT2D eigenvalue weighted by molar-refractivity contribution is -0.312. The van der Waals surface area contributed by atoms with E-state index < -0.39 is 23.7 Å². The lowest BCUT2D eigenvalue weighted by Crippen LogP contribution is -2.61. The maximum Gasteiger partial charge on any atom is 0.439 e. The van der Waals surface area contributed by atoms with Crippen molar-refractivity contribution in [3.63, 3.8) is 0 Å². The van der Waals surface area contributed by atoms with Crippen LogP contribution in [0.2, 0.25) is 0 Å². The lowest BCUT2D eigenvalue weighted by atomic mass is 9.87. The monoisotopic (exact) mass is 340 g/mol. The second-order valence-electron chi connectivity index (χ2n) is 6.45. The topological polar surface area (TPSA) is 52.9 Å². The first-order valence-electron chi connectivity index (χ1n) is 8.03. The van der Waals surface area contributed by atoms with E-state index in [0.717, 1.165) is 18.4 Å². The van der Waals surface area contributed by atoms with Crippen LogP contribution < -0.4 is 0 Å². The third-order valence-electron chi connectivity index (χ3n) is 4.74. The first-order valence-corrected chi connectivity index (χ1v) is 8.03. The predicted octanol–water partition coefficient (Wildman–Crippen LogP) is 3.64. The van der Waals surface area contributed by atoms with E-state index in [4.69, 9.17) is 0 Å². The summed E-state index contributed by atoms with van der Waals surface area (Å²) < 4.78 is 41.2. The van der Waals surface area contributed by atoms with Crippen molar-refractivity contribution in [3.05, 3.63) is 35.4 Å². The van der Waals surface area contributed by atoms with Crippen molar-refractivity contribution >= 4 is 11.6 Å². The fraction of sp³-hybridized carbons (Fsp3) is 0.529. The lowest BCUT2D eigenvalue weighted by Gasteiger charge is -2.37. The molecule has 1 N–H and O–H groups in total. The zero-order chi connectivity index (χ0) is 17.5. The van der Waals surface area contributed by atoms with Crippen molar-refractivity contribution in [3.8, 4) is 0 Å². The Balaban J connectivity index is 2.05. The Hall–Kier alpha value is -1.89. The number of hydrogen-bond donors (Lipinski definition) is 1. The Morgan fingerprint density at radius 1 is 1.33 bits per heavy atom. The minimum atomic E-state index is -4.98. The van der Waals surface area contributed by atoms with E-state index in [1.54, 1.807) is 19.1 Å². The Morgan fingerprint density at radius 3 is 2.75 bits per heavy atom. The van der Waals surface area contributed by atoms with E-state index in [9.17, 15) is 23.1 Å². The van der Waals surface area contributed by atoms with Crippen LogP contribution in [0.25, 0.3) is 0 Å². The molecule has 2 aliphatic rings. The molecular formula is C17H19F3N2O2. The number of carbonyl (C=O) groups is 1. The van der Waals surface area contributed by atoms with E-state index in [1.807, 2.05) is 0 Å². The summed E-state index contributed by atoms with van der Waals surface area (Å²) in [7, 11) is 0. The Labute approximate surface area is 138 Å². The molecule has 1 aliphatic carbocycles. The molecule has 2 atom stereocenters. The molecule has 7 heteroatoms. The minimum absolute atomic E-state index is 0.0819. The van der Waals surface area contributed by atoms with Gasteiger partial charge in [-0.1, -0.05) is 30.5 Å². The maximum atomic E-state index is 13.7. The smallest absolute Gasteiger partial charge is 0.362 e. The van der Waals surface area contributed by atoms with Crippen molar-refractivity contribution in [2.24, 2.45) is 11.0 Å². The van der Waals surface area contributed by atoms with Crippen molar-refractivity contribution in [2.45, 2.75) is 50.9 Å². The fourth-order valence-electron chi connectivity index (χ4n) is 3.50. The van der Waals surface area contributed by atoms with Gasteiger partial charge in [-0.15, -0.1) is 0 Å². The standard InChI is InChI=1S/C17H19F3N2O2/c1-11-6-5-7-12(10-11)15(23)22-16(24,17(18,19)20)13-8-3-2-4-9-14(13)21-22/h5-7,10,13,24H,2-4,8-9H2,1H3/t13-,16+/m0/s1. The van der Waals surface area contributed by atoms with Crippen LogP contribution in [0.1, 0.15) is 48.0 Å². The highest BCUT2D eigenvalue weighted by Gasteiger charge is 2.68. The second-order valence-corrected chi connectivity index (χ2v) is 6.45. The molecule has 0 aromatic heterocycles. The van der Waals surface area contributed by atoms with Crippen molar-refractivity contribution < 1.29 is 23.1 Å². The number of hydrazone groups is 1. The van der Waals surface area contributed by atoms with Gasteiger partial charge >= 0.3 is 6.18 Å². The molecule has 24 heavy (non-hydrogen) atoms. The average molecular weight is 340 g/mol. The normalized spacial score (nSPS) is 27.5. The van der Waals surface area contributed by atoms with Gasteiger partial charge in [-0.2, -0.15) is 23.3 Å². The van der Waals surface area contributed by atoms with Gasteiger partial charge in [0, 0.05) is 11.3 Å². The fourth-order valence-corrected chi connectivity index (χ4v) is 3.50. The van der Waals surface area contributed by atoms with Crippen LogP contribution in [0.5, 0.6) is 0 Å². The molecule has 130 valence electrons. The summed E-state index contributed by atoms with van der Waals surface area (Å²) in [6.45, 7) is 1.74. The van der Waals surface area contributed by atoms with E-state index in [0.29, 0.717) is 12.8 Å². The van der Waals surface area contributed by atoms with Crippen LogP contribution in [0, 0.1) is 12.8 Å². The summed E-state index contributed by atoms with van der Waals surface area (Å²) in [5.74, 6) is -2.12. The van der Waals surface area contributed by atoms with Gasteiger partial charge in [-0.3, -0.25) is 4.79 Å². The maximum absolute atomic E-state index is 13.7. The van der Waals surface area contributed by atoms with Gasteiger partial charge in [-0.25, -0.2) is 0 Å². The highest BCUT2D eigenvalue weighted by atomic mass is 19.4.